The number of nitrogens with zero attached hydrogens (tertiary/aromatic N) is 4. The fraction of sp³-hybridized carbons (Fsp3) is 0.857. The van der Waals surface area contributed by atoms with Gasteiger partial charge >= 0.3 is 0 Å². The van der Waals surface area contributed by atoms with Crippen LogP contribution >= 0.6 is 0 Å². The van der Waals surface area contributed by atoms with E-state index in [9.17, 15) is 9.90 Å². The molecule has 0 aliphatic heterocycles. The van der Waals surface area contributed by atoms with Gasteiger partial charge in [0.15, 0.2) is 0 Å². The first-order valence-electron chi connectivity index (χ1n) is 5.19. The van der Waals surface area contributed by atoms with E-state index >= 15 is 0 Å². The standard InChI is InChI=1S/C7H15NO3.3HNO3/c1-8(2,3)5-6(9)4-7(10)11;3*2-1(3)4/h6,9H,4-5H2,1-3H3;3*(H,2,3,4). The number of hydrogen-bond acceptors (Lipinski definition) is 9. The van der Waals surface area contributed by atoms with E-state index in [-0.39, 0.29) is 6.42 Å². The minimum atomic E-state index is -1.50. The van der Waals surface area contributed by atoms with E-state index in [4.69, 9.17) is 51.1 Å². The van der Waals surface area contributed by atoms with Gasteiger partial charge < -0.3 is 35.1 Å². The van der Waals surface area contributed by atoms with E-state index in [0.717, 1.165) is 0 Å². The summed E-state index contributed by atoms with van der Waals surface area (Å²) in [5, 5.41) is 60.1. The van der Waals surface area contributed by atoms with Crippen LogP contribution in [0, 0.1) is 30.3 Å². The van der Waals surface area contributed by atoms with E-state index in [1.54, 1.807) is 0 Å². The van der Waals surface area contributed by atoms with E-state index in [2.05, 4.69) is 0 Å². The van der Waals surface area contributed by atoms with Crippen molar-refractivity contribution in [3.05, 3.63) is 30.3 Å². The van der Waals surface area contributed by atoms with E-state index in [1.165, 1.54) is 0 Å². The van der Waals surface area contributed by atoms with Crippen LogP contribution in [-0.4, -0.2) is 80.2 Å². The maximum Gasteiger partial charge on any atom is 0.291 e. The quantitative estimate of drug-likeness (QED) is 0.227. The van der Waals surface area contributed by atoms with Crippen molar-refractivity contribution in [1.29, 1.82) is 0 Å². The maximum atomic E-state index is 10.0. The number of aliphatic hydroxyl groups is 1. The molecule has 0 fully saturated rings. The molecule has 0 aliphatic rings. The van der Waals surface area contributed by atoms with Crippen LogP contribution in [0.2, 0.25) is 0 Å². The van der Waals surface area contributed by atoms with Gasteiger partial charge in [0.05, 0.1) is 21.1 Å². The minimum Gasteiger partial charge on any atom is -0.550 e. The Kier molecular flexibility index (Phi) is 18.9. The summed E-state index contributed by atoms with van der Waals surface area (Å²) in [5.74, 6) is -1.20. The molecule has 0 saturated carbocycles. The Hall–Kier alpha value is -3.01. The Morgan fingerprint density at radius 3 is 1.30 bits per heavy atom. The predicted octanol–water partition coefficient (Wildman–Crippen LogP) is -2.85. The molecule has 0 amide bonds. The first-order valence-corrected chi connectivity index (χ1v) is 5.19. The smallest absolute Gasteiger partial charge is 0.291 e. The summed E-state index contributed by atoms with van der Waals surface area (Å²) in [6.45, 7) is 0.425. The number of aliphatic carboxylic acids is 1. The van der Waals surface area contributed by atoms with E-state index in [0.29, 0.717) is 11.0 Å². The fourth-order valence-corrected chi connectivity index (χ4v) is 0.889. The van der Waals surface area contributed by atoms with E-state index < -0.39 is 27.3 Å². The van der Waals surface area contributed by atoms with Gasteiger partial charge in [-0.3, -0.25) is 0 Å². The normalized spacial score (nSPS) is 10.1. The fourth-order valence-electron chi connectivity index (χ4n) is 0.889. The number of carbonyl (C=O) groups excluding carboxylic acids is 1. The predicted molar refractivity (Wildman–Crippen MR) is 64.9 cm³/mol. The van der Waals surface area contributed by atoms with Crippen molar-refractivity contribution in [3.63, 3.8) is 0 Å². The summed E-state index contributed by atoms with van der Waals surface area (Å²) < 4.78 is 0.550. The van der Waals surface area contributed by atoms with Crippen LogP contribution in [0.4, 0.5) is 0 Å². The van der Waals surface area contributed by atoms with Gasteiger partial charge in [-0.25, -0.2) is 0 Å². The first kappa shape index (κ1) is 28.2. The van der Waals surface area contributed by atoms with Crippen LogP contribution in [0.5, 0.6) is 0 Å². The van der Waals surface area contributed by atoms with Gasteiger partial charge in [-0.1, -0.05) is 0 Å². The third-order valence-electron chi connectivity index (χ3n) is 1.16. The monoisotopic (exact) mass is 350 g/mol. The summed E-state index contributed by atoms with van der Waals surface area (Å²) in [6.07, 6.45) is -1.09. The Balaban J connectivity index is -0.000000124. The molecule has 1 unspecified atom stereocenters. The second kappa shape index (κ2) is 15.4. The van der Waals surface area contributed by atoms with Crippen LogP contribution < -0.4 is 5.11 Å². The van der Waals surface area contributed by atoms with Crippen molar-refractivity contribution in [1.82, 2.24) is 0 Å². The summed E-state index contributed by atoms with van der Waals surface area (Å²) in [5.41, 5.74) is 0. The van der Waals surface area contributed by atoms with Crippen molar-refractivity contribution in [2.75, 3.05) is 27.7 Å². The van der Waals surface area contributed by atoms with Gasteiger partial charge in [-0.15, -0.1) is 30.3 Å². The molecular formula is C7H18N4O12. The lowest BCUT2D eigenvalue weighted by atomic mass is 10.2. The number of carboxylic acids is 1. The highest BCUT2D eigenvalue weighted by molar-refractivity contribution is 5.64. The highest BCUT2D eigenvalue weighted by Gasteiger charge is 2.14. The molecular weight excluding hydrogens is 332 g/mol. The average molecular weight is 350 g/mol. The Morgan fingerprint density at radius 2 is 1.17 bits per heavy atom. The van der Waals surface area contributed by atoms with Gasteiger partial charge in [0.1, 0.15) is 12.6 Å². The van der Waals surface area contributed by atoms with Gasteiger partial charge in [0, 0.05) is 12.4 Å². The molecule has 16 heteroatoms. The summed E-state index contributed by atoms with van der Waals surface area (Å²) in [7, 11) is 5.66. The lowest BCUT2D eigenvalue weighted by Crippen LogP contribution is -2.43. The number of carbonyl (C=O) groups is 1. The Labute approximate surface area is 128 Å². The molecule has 138 valence electrons. The van der Waals surface area contributed by atoms with Crippen molar-refractivity contribution in [2.45, 2.75) is 12.5 Å². The van der Waals surface area contributed by atoms with Gasteiger partial charge in [-0.05, 0) is 0 Å². The summed E-state index contributed by atoms with van der Waals surface area (Å²) >= 11 is 0. The second-order valence-electron chi connectivity index (χ2n) is 4.42. The molecule has 4 N–H and O–H groups in total. The summed E-state index contributed by atoms with van der Waals surface area (Å²) in [6, 6.07) is 0. The third kappa shape index (κ3) is 153. The molecule has 0 saturated heterocycles. The molecule has 0 aromatic heterocycles. The van der Waals surface area contributed by atoms with Crippen LogP contribution in [0.1, 0.15) is 6.42 Å². The lowest BCUT2D eigenvalue weighted by Gasteiger charge is -2.26. The SMILES string of the molecule is C[N+](C)(C)CC(O)CC(=O)[O-].O=[N+]([O-])O.O=[N+]([O-])O.O=[N+]([O-])O. The highest BCUT2D eigenvalue weighted by Crippen LogP contribution is 1.97. The average Bonchev–Trinajstić information content (AvgIpc) is 2.07. The first-order chi connectivity index (χ1) is 10.0. The molecule has 16 nitrogen and oxygen atoms in total. The highest BCUT2D eigenvalue weighted by atomic mass is 16.9. The molecule has 0 aromatic rings. The van der Waals surface area contributed by atoms with Crippen LogP contribution in [0.15, 0.2) is 0 Å². The number of quaternary nitrogens is 1. The largest absolute Gasteiger partial charge is 0.550 e. The van der Waals surface area contributed by atoms with Crippen molar-refractivity contribution < 1.29 is 50.4 Å². The molecule has 1 atom stereocenters. The summed E-state index contributed by atoms with van der Waals surface area (Å²) in [4.78, 5) is 35.1. The van der Waals surface area contributed by atoms with Crippen LogP contribution in [-0.2, 0) is 4.79 Å². The van der Waals surface area contributed by atoms with Gasteiger partial charge in [-0.2, -0.15) is 0 Å². The van der Waals surface area contributed by atoms with Crippen molar-refractivity contribution >= 4 is 5.97 Å². The van der Waals surface area contributed by atoms with Crippen LogP contribution in [0.3, 0.4) is 0 Å². The number of hydrogen-bond donors (Lipinski definition) is 4. The Morgan fingerprint density at radius 1 is 0.957 bits per heavy atom. The maximum absolute atomic E-state index is 10.0. The zero-order chi connectivity index (χ0) is 19.8. The molecule has 0 aliphatic carbocycles. The van der Waals surface area contributed by atoms with Crippen molar-refractivity contribution in [3.8, 4) is 0 Å². The van der Waals surface area contributed by atoms with Crippen molar-refractivity contribution in [2.24, 2.45) is 0 Å². The molecule has 0 spiro atoms. The molecule has 23 heavy (non-hydrogen) atoms. The second-order valence-corrected chi connectivity index (χ2v) is 4.42. The molecule has 0 aromatic carbocycles. The van der Waals surface area contributed by atoms with E-state index in [1.807, 2.05) is 21.1 Å². The zero-order valence-electron chi connectivity index (χ0n) is 12.3. The van der Waals surface area contributed by atoms with Gasteiger partial charge in [0.25, 0.3) is 15.3 Å². The third-order valence-corrected chi connectivity index (χ3v) is 1.16. The molecule has 0 rings (SSSR count). The zero-order valence-corrected chi connectivity index (χ0v) is 12.3. The van der Waals surface area contributed by atoms with Crippen LogP contribution in [0.25, 0.3) is 0 Å². The number of likely N-dealkylation sites (N-methyl/N-ethyl adjacent to an activating group) is 1. The topological polar surface area (TPSA) is 250 Å². The minimum absolute atomic E-state index is 0.282. The molecule has 0 heterocycles. The number of rotatable bonds is 4. The van der Waals surface area contributed by atoms with Gasteiger partial charge in [0.2, 0.25) is 0 Å². The lowest BCUT2D eigenvalue weighted by molar-refractivity contribution is -0.873. The number of carboxylic acid groups (broad SMARTS) is 1. The number of aliphatic hydroxyl groups excluding tert-OH is 1. The molecule has 0 radical (unpaired) electrons. The molecule has 0 bridgehead atoms. The Bertz CT molecular complexity index is 326.